The van der Waals surface area contributed by atoms with E-state index in [2.05, 4.69) is 15.5 Å². The summed E-state index contributed by atoms with van der Waals surface area (Å²) < 4.78 is 20.9. The summed E-state index contributed by atoms with van der Waals surface area (Å²) in [6.07, 6.45) is 1.62. The molecule has 8 heteroatoms. The van der Waals surface area contributed by atoms with Crippen molar-refractivity contribution in [2.75, 3.05) is 5.32 Å². The highest BCUT2D eigenvalue weighted by Crippen LogP contribution is 2.37. The van der Waals surface area contributed by atoms with E-state index in [1.807, 2.05) is 77.4 Å². The van der Waals surface area contributed by atoms with E-state index in [4.69, 9.17) is 4.42 Å². The third-order valence-corrected chi connectivity index (χ3v) is 6.55. The molecule has 0 aliphatic heterocycles. The number of hydrogen-bond acceptors (Lipinski definition) is 5. The molecule has 0 bridgehead atoms. The van der Waals surface area contributed by atoms with Gasteiger partial charge in [0.1, 0.15) is 16.8 Å². The van der Waals surface area contributed by atoms with Crippen LogP contribution >= 0.6 is 11.8 Å². The third-order valence-electron chi connectivity index (χ3n) is 5.32. The molecule has 0 saturated carbocycles. The molecule has 1 amide bonds. The Kier molecular flexibility index (Phi) is 6.72. The lowest BCUT2D eigenvalue weighted by atomic mass is 10.1. The van der Waals surface area contributed by atoms with Gasteiger partial charge in [-0.25, -0.2) is 4.39 Å². The molecule has 0 saturated heterocycles. The Hall–Kier alpha value is -4.17. The normalized spacial score (nSPS) is 11.8. The summed E-state index contributed by atoms with van der Waals surface area (Å²) in [5.41, 5.74) is 2.23. The first-order valence-electron chi connectivity index (χ1n) is 11.0. The largest absolute Gasteiger partial charge is 0.467 e. The summed E-state index contributed by atoms with van der Waals surface area (Å²) >= 11 is 1.30. The third kappa shape index (κ3) is 5.33. The molecule has 1 N–H and O–H groups in total. The van der Waals surface area contributed by atoms with E-state index in [-0.39, 0.29) is 11.7 Å². The number of hydrogen-bond donors (Lipinski definition) is 1. The van der Waals surface area contributed by atoms with E-state index < -0.39 is 5.25 Å². The van der Waals surface area contributed by atoms with Crippen LogP contribution in [0.25, 0.3) is 11.4 Å². The number of halogens is 1. The van der Waals surface area contributed by atoms with Crippen LogP contribution in [0.3, 0.4) is 0 Å². The number of carbonyl (C=O) groups is 1. The van der Waals surface area contributed by atoms with Gasteiger partial charge in [-0.1, -0.05) is 72.4 Å². The highest BCUT2D eigenvalue weighted by Gasteiger charge is 2.26. The van der Waals surface area contributed by atoms with Gasteiger partial charge in [-0.15, -0.1) is 10.2 Å². The minimum atomic E-state index is -0.621. The average Bonchev–Trinajstić information content (AvgIpc) is 3.55. The second-order valence-electron chi connectivity index (χ2n) is 7.74. The van der Waals surface area contributed by atoms with Crippen molar-refractivity contribution in [2.45, 2.75) is 17.0 Å². The maximum Gasteiger partial charge on any atom is 0.242 e. The number of carbonyl (C=O) groups excluding carboxylic acids is 1. The fraction of sp³-hybridized carbons (Fsp3) is 0.0741. The number of rotatable bonds is 8. The molecule has 2 heterocycles. The van der Waals surface area contributed by atoms with E-state index in [1.165, 1.54) is 36.0 Å². The molecule has 5 aromatic rings. The number of nitrogens with one attached hydrogen (secondary N) is 1. The van der Waals surface area contributed by atoms with Gasteiger partial charge in [0, 0.05) is 11.3 Å². The summed E-state index contributed by atoms with van der Waals surface area (Å²) in [5.74, 6) is 0.809. The van der Waals surface area contributed by atoms with Gasteiger partial charge in [0.25, 0.3) is 0 Å². The van der Waals surface area contributed by atoms with Gasteiger partial charge in [-0.3, -0.25) is 9.36 Å². The SMILES string of the molecule is O=C(Nc1ccc(F)cc1)C(Sc1nnc(-c2ccccc2)n1Cc1ccco1)c1ccccc1. The van der Waals surface area contributed by atoms with Crippen LogP contribution in [-0.4, -0.2) is 20.7 Å². The lowest BCUT2D eigenvalue weighted by molar-refractivity contribution is -0.115. The first kappa shape index (κ1) is 22.6. The van der Waals surface area contributed by atoms with Crippen molar-refractivity contribution in [1.29, 1.82) is 0 Å². The number of anilines is 1. The Labute approximate surface area is 205 Å². The molecule has 0 aliphatic rings. The minimum Gasteiger partial charge on any atom is -0.467 e. The molecule has 2 aromatic heterocycles. The molecule has 35 heavy (non-hydrogen) atoms. The standard InChI is InChI=1S/C27H21FN4O2S/c28-21-13-15-22(16-14-21)29-26(33)24(19-8-3-1-4-9-19)35-27-31-30-25(20-10-5-2-6-11-20)32(27)18-23-12-7-17-34-23/h1-17,24H,18H2,(H,29,33). The predicted octanol–water partition coefficient (Wildman–Crippen LogP) is 6.20. The first-order valence-corrected chi connectivity index (χ1v) is 11.8. The summed E-state index contributed by atoms with van der Waals surface area (Å²) in [5, 5.41) is 11.7. The van der Waals surface area contributed by atoms with Crippen LogP contribution in [0, 0.1) is 5.82 Å². The Balaban J connectivity index is 1.50. The van der Waals surface area contributed by atoms with Crippen LogP contribution in [0.1, 0.15) is 16.6 Å². The Morgan fingerprint density at radius 1 is 0.914 bits per heavy atom. The molecule has 0 radical (unpaired) electrons. The van der Waals surface area contributed by atoms with Gasteiger partial charge in [0.2, 0.25) is 5.91 Å². The molecule has 0 aliphatic carbocycles. The van der Waals surface area contributed by atoms with Gasteiger partial charge in [-0.2, -0.15) is 0 Å². The topological polar surface area (TPSA) is 73.0 Å². The van der Waals surface area contributed by atoms with Crippen molar-refractivity contribution in [3.8, 4) is 11.4 Å². The molecule has 0 fully saturated rings. The second kappa shape index (κ2) is 10.4. The van der Waals surface area contributed by atoms with Crippen LogP contribution in [0.5, 0.6) is 0 Å². The van der Waals surface area contributed by atoms with E-state index in [0.717, 1.165) is 16.9 Å². The first-order chi connectivity index (χ1) is 17.2. The Bertz CT molecular complexity index is 1390. The average molecular weight is 485 g/mol. The smallest absolute Gasteiger partial charge is 0.242 e. The van der Waals surface area contributed by atoms with Crippen molar-refractivity contribution < 1.29 is 13.6 Å². The maximum absolute atomic E-state index is 13.4. The zero-order valence-corrected chi connectivity index (χ0v) is 19.4. The van der Waals surface area contributed by atoms with Crippen molar-refractivity contribution in [3.05, 3.63) is 120 Å². The molecule has 6 nitrogen and oxygen atoms in total. The number of thioether (sulfide) groups is 1. The molecular formula is C27H21FN4O2S. The van der Waals surface area contributed by atoms with Crippen molar-refractivity contribution in [3.63, 3.8) is 0 Å². The summed E-state index contributed by atoms with van der Waals surface area (Å²) in [6.45, 7) is 0.410. The monoisotopic (exact) mass is 484 g/mol. The van der Waals surface area contributed by atoms with Crippen LogP contribution < -0.4 is 5.32 Å². The lowest BCUT2D eigenvalue weighted by Gasteiger charge is -2.17. The molecule has 174 valence electrons. The highest BCUT2D eigenvalue weighted by atomic mass is 32.2. The fourth-order valence-corrected chi connectivity index (χ4v) is 4.66. The zero-order chi connectivity index (χ0) is 24.0. The van der Waals surface area contributed by atoms with E-state index in [1.54, 1.807) is 6.26 Å². The number of nitrogens with zero attached hydrogens (tertiary/aromatic N) is 3. The molecule has 1 unspecified atom stereocenters. The molecule has 3 aromatic carbocycles. The quantitative estimate of drug-likeness (QED) is 0.266. The van der Waals surface area contributed by atoms with Crippen molar-refractivity contribution in [2.24, 2.45) is 0 Å². The fourth-order valence-electron chi connectivity index (χ4n) is 3.62. The number of benzene rings is 3. The van der Waals surface area contributed by atoms with E-state index >= 15 is 0 Å². The van der Waals surface area contributed by atoms with Gasteiger partial charge >= 0.3 is 0 Å². The summed E-state index contributed by atoms with van der Waals surface area (Å²) in [6, 6.07) is 28.6. The highest BCUT2D eigenvalue weighted by molar-refractivity contribution is 8.00. The predicted molar refractivity (Wildman–Crippen MR) is 133 cm³/mol. The lowest BCUT2D eigenvalue weighted by Crippen LogP contribution is -2.19. The van der Waals surface area contributed by atoms with E-state index in [0.29, 0.717) is 23.2 Å². The van der Waals surface area contributed by atoms with Gasteiger partial charge in [0.05, 0.1) is 12.8 Å². The second-order valence-corrected chi connectivity index (χ2v) is 8.81. The van der Waals surface area contributed by atoms with Gasteiger partial charge < -0.3 is 9.73 Å². The van der Waals surface area contributed by atoms with Gasteiger partial charge in [-0.05, 0) is 42.0 Å². The Morgan fingerprint density at radius 2 is 1.63 bits per heavy atom. The van der Waals surface area contributed by atoms with Crippen LogP contribution in [-0.2, 0) is 11.3 Å². The molecular weight excluding hydrogens is 463 g/mol. The van der Waals surface area contributed by atoms with Crippen molar-refractivity contribution >= 4 is 23.4 Å². The van der Waals surface area contributed by atoms with Gasteiger partial charge in [0.15, 0.2) is 11.0 Å². The molecule has 0 spiro atoms. The van der Waals surface area contributed by atoms with Crippen LogP contribution in [0.2, 0.25) is 0 Å². The number of furan rings is 1. The minimum absolute atomic E-state index is 0.249. The van der Waals surface area contributed by atoms with E-state index in [9.17, 15) is 9.18 Å². The maximum atomic E-state index is 13.4. The van der Waals surface area contributed by atoms with Crippen LogP contribution in [0.15, 0.2) is 113 Å². The summed E-state index contributed by atoms with van der Waals surface area (Å²) in [4.78, 5) is 13.4. The van der Waals surface area contributed by atoms with Crippen LogP contribution in [0.4, 0.5) is 10.1 Å². The van der Waals surface area contributed by atoms with Crippen molar-refractivity contribution in [1.82, 2.24) is 14.8 Å². The number of amides is 1. The number of aromatic nitrogens is 3. The molecule has 1 atom stereocenters. The Morgan fingerprint density at radius 3 is 2.31 bits per heavy atom. The molecule has 5 rings (SSSR count). The summed E-state index contributed by atoms with van der Waals surface area (Å²) in [7, 11) is 0. The zero-order valence-electron chi connectivity index (χ0n) is 18.5.